The summed E-state index contributed by atoms with van der Waals surface area (Å²) < 4.78 is 23.8. The summed E-state index contributed by atoms with van der Waals surface area (Å²) in [5, 5.41) is 13.7. The van der Waals surface area contributed by atoms with E-state index >= 15 is 0 Å². The maximum atomic E-state index is 11.7. The average Bonchev–Trinajstić information content (AvgIpc) is 2.75. The summed E-state index contributed by atoms with van der Waals surface area (Å²) in [6.07, 6.45) is -3.59. The first kappa shape index (κ1) is 20.0. The summed E-state index contributed by atoms with van der Waals surface area (Å²) in [5.74, 6) is -0.281. The number of aliphatic hydroxyl groups is 1. The van der Waals surface area contributed by atoms with Crippen molar-refractivity contribution in [1.29, 1.82) is 0 Å². The maximum Gasteiger partial charge on any atom is 0.217 e. The highest BCUT2D eigenvalue weighted by Crippen LogP contribution is 2.34. The van der Waals surface area contributed by atoms with Gasteiger partial charge in [0.1, 0.15) is 24.4 Å². The summed E-state index contributed by atoms with van der Waals surface area (Å²) >= 11 is 0. The van der Waals surface area contributed by atoms with Gasteiger partial charge in [-0.05, 0) is 5.56 Å². The Labute approximate surface area is 169 Å². The van der Waals surface area contributed by atoms with E-state index in [0.29, 0.717) is 6.61 Å². The standard InChI is InChI=1S/C22H25NO6/c1-14(24)23-18-19(25)20-17(13-27-21(29-20)16-10-6-3-7-11-16)28-22(18)26-12-15-8-4-2-5-9-15/h2-11,17-22,25H,12-13H2,1H3,(H,23,24)/t17-,18+,19+,20-,21-,22+/m1/s1. The smallest absolute Gasteiger partial charge is 0.217 e. The molecule has 154 valence electrons. The Morgan fingerprint density at radius 3 is 2.48 bits per heavy atom. The predicted molar refractivity (Wildman–Crippen MR) is 104 cm³/mol. The molecule has 4 rings (SSSR count). The lowest BCUT2D eigenvalue weighted by Gasteiger charge is -2.47. The highest BCUT2D eigenvalue weighted by molar-refractivity contribution is 5.73. The Kier molecular flexibility index (Phi) is 6.22. The quantitative estimate of drug-likeness (QED) is 0.799. The van der Waals surface area contributed by atoms with Crippen molar-refractivity contribution in [3.05, 3.63) is 71.8 Å². The van der Waals surface area contributed by atoms with Gasteiger partial charge in [0.15, 0.2) is 12.6 Å². The fraction of sp³-hybridized carbons (Fsp3) is 0.409. The fourth-order valence-electron chi connectivity index (χ4n) is 3.65. The van der Waals surface area contributed by atoms with Gasteiger partial charge in [-0.3, -0.25) is 4.79 Å². The molecular weight excluding hydrogens is 374 g/mol. The van der Waals surface area contributed by atoms with Gasteiger partial charge >= 0.3 is 0 Å². The van der Waals surface area contributed by atoms with Crippen LogP contribution in [0.15, 0.2) is 60.7 Å². The topological polar surface area (TPSA) is 86.3 Å². The van der Waals surface area contributed by atoms with E-state index in [1.165, 1.54) is 6.92 Å². The van der Waals surface area contributed by atoms with Gasteiger partial charge < -0.3 is 29.4 Å². The van der Waals surface area contributed by atoms with Crippen LogP contribution in [-0.2, 0) is 30.3 Å². The molecule has 0 bridgehead atoms. The second-order valence-corrected chi connectivity index (χ2v) is 7.23. The lowest BCUT2D eigenvalue weighted by molar-refractivity contribution is -0.345. The van der Waals surface area contributed by atoms with Gasteiger partial charge in [0.05, 0.1) is 13.2 Å². The normalized spacial score (nSPS) is 31.7. The van der Waals surface area contributed by atoms with Gasteiger partial charge in [0.2, 0.25) is 5.91 Å². The summed E-state index contributed by atoms with van der Waals surface area (Å²) in [4.78, 5) is 11.7. The largest absolute Gasteiger partial charge is 0.388 e. The second kappa shape index (κ2) is 9.02. The number of carbonyl (C=O) groups excluding carboxylic acids is 1. The number of fused-ring (bicyclic) bond motifs is 1. The number of aliphatic hydroxyl groups excluding tert-OH is 1. The molecule has 0 radical (unpaired) electrons. The van der Waals surface area contributed by atoms with E-state index in [4.69, 9.17) is 18.9 Å². The van der Waals surface area contributed by atoms with Crippen LogP contribution in [0.5, 0.6) is 0 Å². The van der Waals surface area contributed by atoms with Gasteiger partial charge in [-0.25, -0.2) is 0 Å². The van der Waals surface area contributed by atoms with Crippen LogP contribution < -0.4 is 5.32 Å². The Bertz CT molecular complexity index is 801. The van der Waals surface area contributed by atoms with Crippen LogP contribution in [0.1, 0.15) is 24.3 Å². The van der Waals surface area contributed by atoms with E-state index < -0.39 is 36.9 Å². The Balaban J connectivity index is 1.48. The number of benzene rings is 2. The van der Waals surface area contributed by atoms with Crippen LogP contribution >= 0.6 is 0 Å². The van der Waals surface area contributed by atoms with Crippen molar-refractivity contribution in [3.63, 3.8) is 0 Å². The van der Waals surface area contributed by atoms with Crippen LogP contribution in [0.3, 0.4) is 0 Å². The van der Waals surface area contributed by atoms with E-state index in [1.54, 1.807) is 0 Å². The van der Waals surface area contributed by atoms with E-state index in [9.17, 15) is 9.90 Å². The van der Waals surface area contributed by atoms with Crippen molar-refractivity contribution >= 4 is 5.91 Å². The van der Waals surface area contributed by atoms with E-state index in [2.05, 4.69) is 5.32 Å². The number of nitrogens with one attached hydrogen (secondary N) is 1. The highest BCUT2D eigenvalue weighted by atomic mass is 16.7. The minimum Gasteiger partial charge on any atom is -0.388 e. The molecule has 0 aromatic heterocycles. The molecule has 0 spiro atoms. The van der Waals surface area contributed by atoms with Crippen molar-refractivity contribution in [2.75, 3.05) is 6.61 Å². The first-order valence-electron chi connectivity index (χ1n) is 9.70. The monoisotopic (exact) mass is 399 g/mol. The van der Waals surface area contributed by atoms with Crippen molar-refractivity contribution in [3.8, 4) is 0 Å². The Morgan fingerprint density at radius 1 is 1.10 bits per heavy atom. The molecule has 29 heavy (non-hydrogen) atoms. The molecule has 0 unspecified atom stereocenters. The summed E-state index contributed by atoms with van der Waals surface area (Å²) in [5.41, 5.74) is 1.83. The molecule has 7 heteroatoms. The molecule has 2 heterocycles. The number of ether oxygens (including phenoxy) is 4. The first-order valence-corrected chi connectivity index (χ1v) is 9.70. The van der Waals surface area contributed by atoms with Crippen LogP contribution in [0, 0.1) is 0 Å². The zero-order valence-corrected chi connectivity index (χ0v) is 16.1. The molecule has 2 aliphatic heterocycles. The zero-order chi connectivity index (χ0) is 20.2. The maximum absolute atomic E-state index is 11.7. The number of carbonyl (C=O) groups is 1. The SMILES string of the molecule is CC(=O)N[C@@H]1[C@@H](OCc2ccccc2)O[C@@H]2CO[C@@H](c3ccccc3)O[C@H]2[C@H]1O. The summed E-state index contributed by atoms with van der Waals surface area (Å²) in [6, 6.07) is 18.4. The van der Waals surface area contributed by atoms with E-state index in [-0.39, 0.29) is 12.5 Å². The minimum absolute atomic E-state index is 0.249. The molecular formula is C22H25NO6. The van der Waals surface area contributed by atoms with Gasteiger partial charge in [0.25, 0.3) is 0 Å². The van der Waals surface area contributed by atoms with Crippen molar-refractivity contribution in [2.24, 2.45) is 0 Å². The molecule has 7 nitrogen and oxygen atoms in total. The molecule has 2 saturated heterocycles. The molecule has 0 aliphatic carbocycles. The van der Waals surface area contributed by atoms with E-state index in [0.717, 1.165) is 11.1 Å². The van der Waals surface area contributed by atoms with Gasteiger partial charge in [-0.2, -0.15) is 0 Å². The molecule has 2 fully saturated rings. The molecule has 2 aromatic rings. The fourth-order valence-corrected chi connectivity index (χ4v) is 3.65. The molecule has 0 saturated carbocycles. The lowest BCUT2D eigenvalue weighted by atomic mass is 9.95. The van der Waals surface area contributed by atoms with Gasteiger partial charge in [-0.1, -0.05) is 60.7 Å². The third-order valence-electron chi connectivity index (χ3n) is 5.06. The molecule has 2 aromatic carbocycles. The molecule has 6 atom stereocenters. The molecule has 1 amide bonds. The van der Waals surface area contributed by atoms with Gasteiger partial charge in [0, 0.05) is 12.5 Å². The number of amides is 1. The number of rotatable bonds is 5. The van der Waals surface area contributed by atoms with Crippen LogP contribution in [-0.4, -0.2) is 48.3 Å². The van der Waals surface area contributed by atoms with Crippen LogP contribution in [0.2, 0.25) is 0 Å². The Morgan fingerprint density at radius 2 is 1.79 bits per heavy atom. The lowest BCUT2D eigenvalue weighted by Crippen LogP contribution is -2.66. The average molecular weight is 399 g/mol. The van der Waals surface area contributed by atoms with Crippen LogP contribution in [0.25, 0.3) is 0 Å². The number of hydrogen-bond acceptors (Lipinski definition) is 6. The molecule has 2 aliphatic rings. The highest BCUT2D eigenvalue weighted by Gasteiger charge is 2.50. The third kappa shape index (κ3) is 4.66. The van der Waals surface area contributed by atoms with Crippen molar-refractivity contribution < 1.29 is 28.8 Å². The first-order chi connectivity index (χ1) is 14.1. The number of hydrogen-bond donors (Lipinski definition) is 2. The summed E-state index contributed by atoms with van der Waals surface area (Å²) in [7, 11) is 0. The van der Waals surface area contributed by atoms with Crippen LogP contribution in [0.4, 0.5) is 0 Å². The van der Waals surface area contributed by atoms with Crippen molar-refractivity contribution in [2.45, 2.75) is 50.5 Å². The molecule has 2 N–H and O–H groups in total. The van der Waals surface area contributed by atoms with Gasteiger partial charge in [-0.15, -0.1) is 0 Å². The minimum atomic E-state index is -1.01. The predicted octanol–water partition coefficient (Wildman–Crippen LogP) is 1.91. The zero-order valence-electron chi connectivity index (χ0n) is 16.1. The van der Waals surface area contributed by atoms with E-state index in [1.807, 2.05) is 60.7 Å². The Hall–Kier alpha value is -2.29. The summed E-state index contributed by atoms with van der Waals surface area (Å²) in [6.45, 7) is 1.93. The third-order valence-corrected chi connectivity index (χ3v) is 5.06. The second-order valence-electron chi connectivity index (χ2n) is 7.23. The van der Waals surface area contributed by atoms with Crippen molar-refractivity contribution in [1.82, 2.24) is 5.32 Å².